The minimum atomic E-state index is 0.0485. The Hall–Kier alpha value is -2.00. The predicted octanol–water partition coefficient (Wildman–Crippen LogP) is 3.57. The van der Waals surface area contributed by atoms with Crippen LogP contribution in [0.2, 0.25) is 5.02 Å². The lowest BCUT2D eigenvalue weighted by Gasteiger charge is -2.22. The maximum absolute atomic E-state index is 7.66. The van der Waals surface area contributed by atoms with Crippen molar-refractivity contribution in [2.75, 3.05) is 11.9 Å². The number of anilines is 1. The highest BCUT2D eigenvalue weighted by atomic mass is 35.5. The predicted molar refractivity (Wildman–Crippen MR) is 85.8 cm³/mol. The first kappa shape index (κ1) is 14.4. The van der Waals surface area contributed by atoms with Crippen LogP contribution in [-0.4, -0.2) is 12.9 Å². The molecule has 0 aromatic heterocycles. The molecule has 0 saturated carbocycles. The Bertz CT molecular complexity index is 620. The van der Waals surface area contributed by atoms with Gasteiger partial charge in [0.1, 0.15) is 5.84 Å². The summed E-state index contributed by atoms with van der Waals surface area (Å²) >= 11 is 6.05. The first-order valence-electron chi connectivity index (χ1n) is 6.38. The number of rotatable bonds is 4. The molecule has 2 rings (SSSR count). The quantitative estimate of drug-likeness (QED) is 0.667. The van der Waals surface area contributed by atoms with Crippen LogP contribution in [0.3, 0.4) is 0 Å². The van der Waals surface area contributed by atoms with Gasteiger partial charge in [0.15, 0.2) is 0 Å². The molecule has 0 saturated heterocycles. The molecule has 4 heteroatoms. The molecule has 0 aliphatic carbocycles. The summed E-state index contributed by atoms with van der Waals surface area (Å²) < 4.78 is 0. The van der Waals surface area contributed by atoms with Crippen molar-refractivity contribution < 1.29 is 0 Å². The second-order valence-corrected chi connectivity index (χ2v) is 5.35. The number of halogens is 1. The van der Waals surface area contributed by atoms with Crippen molar-refractivity contribution in [3.63, 3.8) is 0 Å². The largest absolute Gasteiger partial charge is 0.384 e. The molecule has 0 radical (unpaired) electrons. The van der Waals surface area contributed by atoms with Crippen molar-refractivity contribution in [1.82, 2.24) is 0 Å². The van der Waals surface area contributed by atoms with E-state index in [9.17, 15) is 0 Å². The zero-order valence-electron chi connectivity index (χ0n) is 11.7. The third-order valence-corrected chi connectivity index (χ3v) is 3.44. The van der Waals surface area contributed by atoms with E-state index in [0.29, 0.717) is 10.6 Å². The first-order valence-corrected chi connectivity index (χ1v) is 6.76. The SMILES string of the molecule is Cc1ccc(CN(C)c2cc(Cl)ccc2C(=N)N)cc1. The molecule has 20 heavy (non-hydrogen) atoms. The average molecular weight is 288 g/mol. The van der Waals surface area contributed by atoms with E-state index in [-0.39, 0.29) is 5.84 Å². The number of hydrogen-bond donors (Lipinski definition) is 2. The summed E-state index contributed by atoms with van der Waals surface area (Å²) in [6.45, 7) is 2.80. The van der Waals surface area contributed by atoms with Gasteiger partial charge in [-0.15, -0.1) is 0 Å². The lowest BCUT2D eigenvalue weighted by Crippen LogP contribution is -2.22. The van der Waals surface area contributed by atoms with Crippen molar-refractivity contribution in [3.05, 3.63) is 64.2 Å². The smallest absolute Gasteiger partial charge is 0.124 e. The Morgan fingerprint density at radius 3 is 2.45 bits per heavy atom. The van der Waals surface area contributed by atoms with Gasteiger partial charge >= 0.3 is 0 Å². The fourth-order valence-electron chi connectivity index (χ4n) is 2.10. The van der Waals surface area contributed by atoms with Gasteiger partial charge in [0.25, 0.3) is 0 Å². The van der Waals surface area contributed by atoms with E-state index in [0.717, 1.165) is 12.2 Å². The molecule has 0 spiro atoms. The van der Waals surface area contributed by atoms with Crippen molar-refractivity contribution in [1.29, 1.82) is 5.41 Å². The van der Waals surface area contributed by atoms with E-state index in [1.54, 1.807) is 12.1 Å². The second kappa shape index (κ2) is 5.97. The standard InChI is InChI=1S/C16H18ClN3/c1-11-3-5-12(6-4-11)10-20(2)15-9-13(17)7-8-14(15)16(18)19/h3-9H,10H2,1-2H3,(H3,18,19). The molecule has 3 N–H and O–H groups in total. The molecule has 0 bridgehead atoms. The average Bonchev–Trinajstić information content (AvgIpc) is 2.41. The van der Waals surface area contributed by atoms with E-state index < -0.39 is 0 Å². The molecule has 0 aliphatic heterocycles. The van der Waals surface area contributed by atoms with Gasteiger partial charge in [0.2, 0.25) is 0 Å². The van der Waals surface area contributed by atoms with Crippen molar-refractivity contribution >= 4 is 23.1 Å². The van der Waals surface area contributed by atoms with Crippen LogP contribution in [0, 0.1) is 12.3 Å². The molecule has 0 fully saturated rings. The molecule has 104 valence electrons. The summed E-state index contributed by atoms with van der Waals surface area (Å²) in [5.74, 6) is 0.0485. The third-order valence-electron chi connectivity index (χ3n) is 3.20. The fraction of sp³-hybridized carbons (Fsp3) is 0.188. The molecule has 0 aliphatic rings. The Balaban J connectivity index is 2.28. The number of nitrogens with one attached hydrogen (secondary N) is 1. The minimum absolute atomic E-state index is 0.0485. The van der Waals surface area contributed by atoms with Crippen LogP contribution in [0.4, 0.5) is 5.69 Å². The van der Waals surface area contributed by atoms with Gasteiger partial charge in [0.05, 0.1) is 0 Å². The van der Waals surface area contributed by atoms with Crippen LogP contribution in [0.25, 0.3) is 0 Å². The zero-order chi connectivity index (χ0) is 14.7. The van der Waals surface area contributed by atoms with Crippen LogP contribution in [0.15, 0.2) is 42.5 Å². The maximum atomic E-state index is 7.66. The van der Waals surface area contributed by atoms with E-state index in [2.05, 4.69) is 31.2 Å². The third kappa shape index (κ3) is 3.31. The number of benzene rings is 2. The Morgan fingerprint density at radius 1 is 1.20 bits per heavy atom. The zero-order valence-corrected chi connectivity index (χ0v) is 12.4. The second-order valence-electron chi connectivity index (χ2n) is 4.92. The number of nitrogens with two attached hydrogens (primary N) is 1. The molecule has 0 atom stereocenters. The van der Waals surface area contributed by atoms with Gasteiger partial charge in [-0.2, -0.15) is 0 Å². The monoisotopic (exact) mass is 287 g/mol. The molecule has 0 amide bonds. The Labute approximate surface area is 124 Å². The summed E-state index contributed by atoms with van der Waals surface area (Å²) in [5, 5.41) is 8.30. The number of aryl methyl sites for hydroxylation is 1. The number of nitrogen functional groups attached to an aromatic ring is 1. The maximum Gasteiger partial charge on any atom is 0.124 e. The minimum Gasteiger partial charge on any atom is -0.384 e. The molecule has 2 aromatic rings. The van der Waals surface area contributed by atoms with Crippen LogP contribution in [0.5, 0.6) is 0 Å². The summed E-state index contributed by atoms with van der Waals surface area (Å²) in [6.07, 6.45) is 0. The molecule has 0 heterocycles. The topological polar surface area (TPSA) is 53.1 Å². The van der Waals surface area contributed by atoms with Crippen LogP contribution >= 0.6 is 11.6 Å². The summed E-state index contributed by atoms with van der Waals surface area (Å²) in [5.41, 5.74) is 9.63. The molecule has 2 aromatic carbocycles. The van der Waals surface area contributed by atoms with E-state index in [1.807, 2.05) is 18.0 Å². The van der Waals surface area contributed by atoms with Gasteiger partial charge < -0.3 is 10.6 Å². The molecule has 3 nitrogen and oxygen atoms in total. The van der Waals surface area contributed by atoms with Crippen molar-refractivity contribution in [2.45, 2.75) is 13.5 Å². The Morgan fingerprint density at radius 2 is 1.85 bits per heavy atom. The summed E-state index contributed by atoms with van der Waals surface area (Å²) in [6, 6.07) is 13.8. The molecular formula is C16H18ClN3. The van der Waals surface area contributed by atoms with Crippen LogP contribution in [-0.2, 0) is 6.54 Å². The van der Waals surface area contributed by atoms with Crippen molar-refractivity contribution in [2.24, 2.45) is 5.73 Å². The van der Waals surface area contributed by atoms with Gasteiger partial charge in [0, 0.05) is 29.9 Å². The van der Waals surface area contributed by atoms with Gasteiger partial charge in [-0.25, -0.2) is 0 Å². The normalized spacial score (nSPS) is 10.3. The molecule has 0 unspecified atom stereocenters. The molecular weight excluding hydrogens is 270 g/mol. The lowest BCUT2D eigenvalue weighted by atomic mass is 10.1. The lowest BCUT2D eigenvalue weighted by molar-refractivity contribution is 0.920. The first-order chi connectivity index (χ1) is 9.47. The van der Waals surface area contributed by atoms with E-state index in [4.69, 9.17) is 22.7 Å². The van der Waals surface area contributed by atoms with E-state index in [1.165, 1.54) is 11.1 Å². The van der Waals surface area contributed by atoms with E-state index >= 15 is 0 Å². The van der Waals surface area contributed by atoms with Crippen molar-refractivity contribution in [3.8, 4) is 0 Å². The number of amidine groups is 1. The highest BCUT2D eigenvalue weighted by Crippen LogP contribution is 2.25. The van der Waals surface area contributed by atoms with Crippen LogP contribution < -0.4 is 10.6 Å². The summed E-state index contributed by atoms with van der Waals surface area (Å²) in [4.78, 5) is 2.05. The highest BCUT2D eigenvalue weighted by molar-refractivity contribution is 6.31. The Kier molecular flexibility index (Phi) is 4.30. The van der Waals surface area contributed by atoms with Gasteiger partial charge in [-0.05, 0) is 30.7 Å². The highest BCUT2D eigenvalue weighted by Gasteiger charge is 2.11. The summed E-state index contributed by atoms with van der Waals surface area (Å²) in [7, 11) is 1.97. The fourth-order valence-corrected chi connectivity index (χ4v) is 2.27. The van der Waals surface area contributed by atoms with Gasteiger partial charge in [-0.3, -0.25) is 5.41 Å². The van der Waals surface area contributed by atoms with Gasteiger partial charge in [-0.1, -0.05) is 41.4 Å². The number of nitrogens with zero attached hydrogens (tertiary/aromatic N) is 1. The number of hydrogen-bond acceptors (Lipinski definition) is 2. The van der Waals surface area contributed by atoms with Crippen LogP contribution in [0.1, 0.15) is 16.7 Å².